The normalized spacial score (nSPS) is 20.8. The van der Waals surface area contributed by atoms with Gasteiger partial charge in [0.1, 0.15) is 0 Å². The maximum atomic E-state index is 11.8. The first-order chi connectivity index (χ1) is 8.67. The Kier molecular flexibility index (Phi) is 4.58. The predicted octanol–water partition coefficient (Wildman–Crippen LogP) is 1.62. The Morgan fingerprint density at radius 1 is 1.67 bits per heavy atom. The standard InChI is InChI=1S/C11H16BrN3O2S/c1-3-7-10(16)13-4-5-15(7)6-8-9(12)11(17-2)14-18-8/h7H,3-6H2,1-2H3,(H,13,16). The van der Waals surface area contributed by atoms with Crippen LogP contribution in [-0.4, -0.2) is 41.4 Å². The van der Waals surface area contributed by atoms with Crippen molar-refractivity contribution in [2.45, 2.75) is 25.9 Å². The van der Waals surface area contributed by atoms with Crippen LogP contribution < -0.4 is 10.1 Å². The van der Waals surface area contributed by atoms with Crippen LogP contribution in [-0.2, 0) is 11.3 Å². The Hall–Kier alpha value is -0.660. The zero-order valence-corrected chi connectivity index (χ0v) is 12.8. The van der Waals surface area contributed by atoms with Crippen LogP contribution in [0.2, 0.25) is 0 Å². The fourth-order valence-electron chi connectivity index (χ4n) is 2.10. The van der Waals surface area contributed by atoms with E-state index in [0.717, 1.165) is 28.9 Å². The second-order valence-electron chi connectivity index (χ2n) is 4.11. The molecule has 2 rings (SSSR count). The van der Waals surface area contributed by atoms with Crippen LogP contribution in [0.4, 0.5) is 0 Å². The molecule has 1 fully saturated rings. The molecule has 1 aromatic heterocycles. The zero-order valence-electron chi connectivity index (χ0n) is 10.4. The molecule has 0 radical (unpaired) electrons. The van der Waals surface area contributed by atoms with Crippen molar-refractivity contribution in [1.82, 2.24) is 14.6 Å². The van der Waals surface area contributed by atoms with Crippen molar-refractivity contribution in [3.05, 3.63) is 9.35 Å². The van der Waals surface area contributed by atoms with Gasteiger partial charge in [0.15, 0.2) is 0 Å². The summed E-state index contributed by atoms with van der Waals surface area (Å²) in [6.45, 7) is 4.35. The van der Waals surface area contributed by atoms with E-state index in [-0.39, 0.29) is 11.9 Å². The first kappa shape index (κ1) is 13.8. The largest absolute Gasteiger partial charge is 0.480 e. The molecule has 1 aliphatic rings. The van der Waals surface area contributed by atoms with Crippen molar-refractivity contribution in [3.8, 4) is 5.88 Å². The molecule has 0 aliphatic carbocycles. The molecule has 0 spiro atoms. The lowest BCUT2D eigenvalue weighted by molar-refractivity contribution is -0.129. The van der Waals surface area contributed by atoms with Gasteiger partial charge in [0.05, 0.1) is 22.5 Å². The molecule has 1 aromatic rings. The summed E-state index contributed by atoms with van der Waals surface area (Å²) in [6, 6.07) is -0.0428. The number of methoxy groups -OCH3 is 1. The van der Waals surface area contributed by atoms with Crippen LogP contribution in [0.25, 0.3) is 0 Å². The average molecular weight is 334 g/mol. The van der Waals surface area contributed by atoms with Gasteiger partial charge in [-0.15, -0.1) is 0 Å². The number of hydrogen-bond donors (Lipinski definition) is 1. The maximum absolute atomic E-state index is 11.8. The topological polar surface area (TPSA) is 54.5 Å². The summed E-state index contributed by atoms with van der Waals surface area (Å²) in [5, 5.41) is 2.90. The van der Waals surface area contributed by atoms with Crippen molar-refractivity contribution < 1.29 is 9.53 Å². The van der Waals surface area contributed by atoms with Crippen molar-refractivity contribution in [2.75, 3.05) is 20.2 Å². The van der Waals surface area contributed by atoms with Crippen molar-refractivity contribution in [3.63, 3.8) is 0 Å². The van der Waals surface area contributed by atoms with Crippen LogP contribution in [0, 0.1) is 0 Å². The van der Waals surface area contributed by atoms with Gasteiger partial charge in [0.2, 0.25) is 11.8 Å². The summed E-state index contributed by atoms with van der Waals surface area (Å²) in [4.78, 5) is 15.1. The molecule has 1 N–H and O–H groups in total. The molecular weight excluding hydrogens is 318 g/mol. The third-order valence-electron chi connectivity index (χ3n) is 3.04. The van der Waals surface area contributed by atoms with Gasteiger partial charge in [0, 0.05) is 19.6 Å². The van der Waals surface area contributed by atoms with Crippen LogP contribution in [0.3, 0.4) is 0 Å². The van der Waals surface area contributed by atoms with Gasteiger partial charge in [0.25, 0.3) is 0 Å². The van der Waals surface area contributed by atoms with Crippen LogP contribution >= 0.6 is 27.5 Å². The number of rotatable bonds is 4. The Bertz CT molecular complexity index is 438. The number of aromatic nitrogens is 1. The lowest BCUT2D eigenvalue weighted by Gasteiger charge is -2.34. The number of hydrogen-bond acceptors (Lipinski definition) is 5. The summed E-state index contributed by atoms with van der Waals surface area (Å²) >= 11 is 4.90. The van der Waals surface area contributed by atoms with Gasteiger partial charge in [-0.25, -0.2) is 0 Å². The number of ether oxygens (including phenoxy) is 1. The van der Waals surface area contributed by atoms with E-state index < -0.39 is 0 Å². The first-order valence-electron chi connectivity index (χ1n) is 5.87. The molecule has 0 bridgehead atoms. The highest BCUT2D eigenvalue weighted by atomic mass is 79.9. The van der Waals surface area contributed by atoms with Crippen LogP contribution in [0.1, 0.15) is 18.2 Å². The van der Waals surface area contributed by atoms with E-state index in [0.29, 0.717) is 12.4 Å². The number of halogens is 1. The number of carbonyl (C=O) groups excluding carboxylic acids is 1. The molecule has 1 aliphatic heterocycles. The lowest BCUT2D eigenvalue weighted by Crippen LogP contribution is -2.54. The second-order valence-corrected chi connectivity index (χ2v) is 5.77. The van der Waals surface area contributed by atoms with E-state index in [1.807, 2.05) is 6.92 Å². The summed E-state index contributed by atoms with van der Waals surface area (Å²) in [7, 11) is 1.60. The van der Waals surface area contributed by atoms with Gasteiger partial charge in [-0.1, -0.05) is 6.92 Å². The lowest BCUT2D eigenvalue weighted by atomic mass is 10.1. The van der Waals surface area contributed by atoms with E-state index in [4.69, 9.17) is 4.74 Å². The summed E-state index contributed by atoms with van der Waals surface area (Å²) in [6.07, 6.45) is 0.819. The van der Waals surface area contributed by atoms with E-state index in [1.54, 1.807) is 7.11 Å². The van der Waals surface area contributed by atoms with Gasteiger partial charge in [-0.2, -0.15) is 4.37 Å². The van der Waals surface area contributed by atoms with Crippen molar-refractivity contribution >= 4 is 33.4 Å². The molecular formula is C11H16BrN3O2S. The quantitative estimate of drug-likeness (QED) is 0.909. The van der Waals surface area contributed by atoms with Crippen LogP contribution in [0.5, 0.6) is 5.88 Å². The Labute approximate surface area is 119 Å². The number of carbonyl (C=O) groups is 1. The third-order valence-corrected chi connectivity index (χ3v) is 4.93. The van der Waals surface area contributed by atoms with Gasteiger partial charge in [-0.3, -0.25) is 9.69 Å². The highest BCUT2D eigenvalue weighted by Crippen LogP contribution is 2.32. The third kappa shape index (κ3) is 2.67. The van der Waals surface area contributed by atoms with E-state index in [2.05, 4.69) is 30.5 Å². The Morgan fingerprint density at radius 2 is 2.44 bits per heavy atom. The molecule has 0 saturated carbocycles. The van der Waals surface area contributed by atoms with Crippen LogP contribution in [0.15, 0.2) is 4.47 Å². The number of piperazine rings is 1. The monoisotopic (exact) mass is 333 g/mol. The Balaban J connectivity index is 2.11. The first-order valence-corrected chi connectivity index (χ1v) is 7.43. The van der Waals surface area contributed by atoms with Crippen molar-refractivity contribution in [1.29, 1.82) is 0 Å². The smallest absolute Gasteiger partial charge is 0.239 e. The number of nitrogens with zero attached hydrogens (tertiary/aromatic N) is 2. The van der Waals surface area contributed by atoms with Crippen molar-refractivity contribution in [2.24, 2.45) is 0 Å². The molecule has 18 heavy (non-hydrogen) atoms. The highest BCUT2D eigenvalue weighted by Gasteiger charge is 2.29. The molecule has 0 aromatic carbocycles. The molecule has 1 atom stereocenters. The number of nitrogens with one attached hydrogen (secondary N) is 1. The average Bonchev–Trinajstić information content (AvgIpc) is 2.71. The SMILES string of the molecule is CCC1C(=O)NCCN1Cc1snc(OC)c1Br. The molecule has 5 nitrogen and oxygen atoms in total. The van der Waals surface area contributed by atoms with E-state index in [1.165, 1.54) is 11.5 Å². The maximum Gasteiger partial charge on any atom is 0.239 e. The molecule has 2 heterocycles. The molecule has 1 amide bonds. The van der Waals surface area contributed by atoms with Gasteiger partial charge >= 0.3 is 0 Å². The summed E-state index contributed by atoms with van der Waals surface area (Å²) in [5.41, 5.74) is 0. The highest BCUT2D eigenvalue weighted by molar-refractivity contribution is 9.10. The molecule has 100 valence electrons. The minimum absolute atomic E-state index is 0.0428. The van der Waals surface area contributed by atoms with Gasteiger partial charge < -0.3 is 10.1 Å². The zero-order chi connectivity index (χ0) is 13.1. The fraction of sp³-hybridized carbons (Fsp3) is 0.636. The van der Waals surface area contributed by atoms with Gasteiger partial charge in [-0.05, 0) is 33.9 Å². The van der Waals surface area contributed by atoms with E-state index >= 15 is 0 Å². The fourth-order valence-corrected chi connectivity index (χ4v) is 3.56. The van der Waals surface area contributed by atoms with E-state index in [9.17, 15) is 4.79 Å². The minimum atomic E-state index is -0.0428. The Morgan fingerprint density at radius 3 is 3.06 bits per heavy atom. The predicted molar refractivity (Wildman–Crippen MR) is 73.9 cm³/mol. The molecule has 1 unspecified atom stereocenters. The molecule has 1 saturated heterocycles. The molecule has 7 heteroatoms. The second kappa shape index (κ2) is 5.99. The number of amides is 1. The minimum Gasteiger partial charge on any atom is -0.480 e. The summed E-state index contributed by atoms with van der Waals surface area (Å²) < 4.78 is 10.3. The summed E-state index contributed by atoms with van der Waals surface area (Å²) in [5.74, 6) is 0.737.